The maximum absolute atomic E-state index is 12.9. The van der Waals surface area contributed by atoms with Crippen LogP contribution >= 0.6 is 0 Å². The molecule has 0 aromatic heterocycles. The first kappa shape index (κ1) is 17.9. The molecular formula is C17H25N3O4. The number of nitrogen functional groups attached to an aromatic ring is 1. The van der Waals surface area contributed by atoms with E-state index in [-0.39, 0.29) is 17.3 Å². The number of carbonyl (C=O) groups is 2. The minimum absolute atomic E-state index is 0.0762. The summed E-state index contributed by atoms with van der Waals surface area (Å²) in [7, 11) is 0. The molecule has 1 aliphatic rings. The van der Waals surface area contributed by atoms with Crippen LogP contribution in [0.3, 0.4) is 0 Å². The monoisotopic (exact) mass is 335 g/mol. The number of anilines is 2. The Morgan fingerprint density at radius 3 is 2.46 bits per heavy atom. The minimum Gasteiger partial charge on any atom is -0.506 e. The number of amides is 2. The van der Waals surface area contributed by atoms with E-state index < -0.39 is 17.2 Å². The van der Waals surface area contributed by atoms with Gasteiger partial charge in [-0.1, -0.05) is 0 Å². The molecule has 0 bridgehead atoms. The third-order valence-electron chi connectivity index (χ3n) is 3.93. The number of phenols is 1. The van der Waals surface area contributed by atoms with Gasteiger partial charge in [-0.2, -0.15) is 0 Å². The van der Waals surface area contributed by atoms with Gasteiger partial charge in [0.15, 0.2) is 0 Å². The van der Waals surface area contributed by atoms with Gasteiger partial charge < -0.3 is 20.5 Å². The Kier molecular flexibility index (Phi) is 4.39. The van der Waals surface area contributed by atoms with E-state index >= 15 is 0 Å². The van der Waals surface area contributed by atoms with Gasteiger partial charge in [-0.15, -0.1) is 0 Å². The smallest absolute Gasteiger partial charge is 0.411 e. The number of aromatic hydroxyl groups is 1. The van der Waals surface area contributed by atoms with Crippen molar-refractivity contribution in [1.29, 1.82) is 0 Å². The molecule has 1 saturated heterocycles. The van der Waals surface area contributed by atoms with Crippen molar-refractivity contribution in [3.8, 4) is 5.75 Å². The number of benzene rings is 1. The van der Waals surface area contributed by atoms with Crippen molar-refractivity contribution in [2.45, 2.75) is 45.8 Å². The van der Waals surface area contributed by atoms with E-state index in [2.05, 4.69) is 0 Å². The number of nitrogens with two attached hydrogens (primary N) is 1. The Morgan fingerprint density at radius 2 is 1.92 bits per heavy atom. The second-order valence-electron chi connectivity index (χ2n) is 7.39. The normalized spacial score (nSPS) is 17.8. The minimum atomic E-state index is -1.06. The van der Waals surface area contributed by atoms with Crippen molar-refractivity contribution in [2.24, 2.45) is 0 Å². The predicted molar refractivity (Wildman–Crippen MR) is 91.9 cm³/mol. The molecule has 2 rings (SSSR count). The van der Waals surface area contributed by atoms with E-state index in [0.717, 1.165) is 0 Å². The predicted octanol–water partition coefficient (Wildman–Crippen LogP) is 2.34. The maximum Gasteiger partial charge on any atom is 0.411 e. The fraction of sp³-hybridized carbons (Fsp3) is 0.529. The first-order valence-corrected chi connectivity index (χ1v) is 7.84. The van der Waals surface area contributed by atoms with Gasteiger partial charge in [0.25, 0.3) is 5.91 Å². The summed E-state index contributed by atoms with van der Waals surface area (Å²) < 4.78 is 5.40. The van der Waals surface area contributed by atoms with Crippen molar-refractivity contribution in [2.75, 3.05) is 23.7 Å². The van der Waals surface area contributed by atoms with Crippen LogP contribution in [0.15, 0.2) is 18.2 Å². The maximum atomic E-state index is 12.9. The fourth-order valence-electron chi connectivity index (χ4n) is 2.61. The van der Waals surface area contributed by atoms with Crippen LogP contribution in [0.1, 0.15) is 34.6 Å². The van der Waals surface area contributed by atoms with Crippen LogP contribution in [0.2, 0.25) is 0 Å². The molecule has 0 aliphatic carbocycles. The van der Waals surface area contributed by atoms with Gasteiger partial charge in [0.05, 0.1) is 5.69 Å². The van der Waals surface area contributed by atoms with E-state index in [1.807, 2.05) is 0 Å². The van der Waals surface area contributed by atoms with Crippen LogP contribution in [0, 0.1) is 0 Å². The number of rotatable bonds is 1. The van der Waals surface area contributed by atoms with Crippen LogP contribution in [0.4, 0.5) is 16.2 Å². The third kappa shape index (κ3) is 3.39. The lowest BCUT2D eigenvalue weighted by Crippen LogP contribution is -2.65. The van der Waals surface area contributed by atoms with Crippen LogP contribution in [0.5, 0.6) is 5.75 Å². The van der Waals surface area contributed by atoms with Crippen molar-refractivity contribution in [3.05, 3.63) is 18.2 Å². The SMILES string of the molecule is CC(C)(C)OC(=O)N1CCN(c2ccc(N)c(O)c2)C(=O)C1(C)C. The topological polar surface area (TPSA) is 96.1 Å². The van der Waals surface area contributed by atoms with Crippen molar-refractivity contribution < 1.29 is 19.4 Å². The van der Waals surface area contributed by atoms with Gasteiger partial charge in [-0.05, 0) is 46.8 Å². The summed E-state index contributed by atoms with van der Waals surface area (Å²) in [6.07, 6.45) is -0.513. The highest BCUT2D eigenvalue weighted by Crippen LogP contribution is 2.32. The van der Waals surface area contributed by atoms with Crippen LogP contribution < -0.4 is 10.6 Å². The Bertz CT molecular complexity index is 664. The largest absolute Gasteiger partial charge is 0.506 e. The van der Waals surface area contributed by atoms with Gasteiger partial charge in [-0.25, -0.2) is 4.79 Å². The third-order valence-corrected chi connectivity index (χ3v) is 3.93. The lowest BCUT2D eigenvalue weighted by molar-refractivity contribution is -0.131. The Morgan fingerprint density at radius 1 is 1.29 bits per heavy atom. The first-order valence-electron chi connectivity index (χ1n) is 7.84. The summed E-state index contributed by atoms with van der Waals surface area (Å²) >= 11 is 0. The fourth-order valence-corrected chi connectivity index (χ4v) is 2.61. The molecule has 2 amide bonds. The van der Waals surface area contributed by atoms with E-state index in [1.54, 1.807) is 51.7 Å². The highest BCUT2D eigenvalue weighted by Gasteiger charge is 2.46. The molecule has 0 spiro atoms. The lowest BCUT2D eigenvalue weighted by Gasteiger charge is -2.45. The van der Waals surface area contributed by atoms with Gasteiger partial charge in [-0.3, -0.25) is 9.69 Å². The zero-order chi connectivity index (χ0) is 18.3. The van der Waals surface area contributed by atoms with Gasteiger partial charge in [0.2, 0.25) is 0 Å². The Balaban J connectivity index is 2.25. The molecule has 7 nitrogen and oxygen atoms in total. The van der Waals surface area contributed by atoms with Crippen LogP contribution in [0.25, 0.3) is 0 Å². The molecule has 1 aromatic rings. The number of carbonyl (C=O) groups excluding carboxylic acids is 2. The number of piperazine rings is 1. The number of nitrogens with zero attached hydrogens (tertiary/aromatic N) is 2. The van der Waals surface area contributed by atoms with Gasteiger partial charge in [0.1, 0.15) is 16.9 Å². The summed E-state index contributed by atoms with van der Waals surface area (Å²) in [5, 5.41) is 9.77. The molecule has 1 aromatic carbocycles. The zero-order valence-electron chi connectivity index (χ0n) is 14.8. The average Bonchev–Trinajstić information content (AvgIpc) is 2.43. The summed E-state index contributed by atoms with van der Waals surface area (Å²) in [5.74, 6) is -0.323. The summed E-state index contributed by atoms with van der Waals surface area (Å²) in [5.41, 5.74) is 4.71. The molecule has 3 N–H and O–H groups in total. The molecule has 0 atom stereocenters. The van der Waals surface area contributed by atoms with E-state index in [1.165, 1.54) is 11.0 Å². The number of ether oxygens (including phenoxy) is 1. The summed E-state index contributed by atoms with van der Waals surface area (Å²) in [6, 6.07) is 4.67. The molecule has 1 heterocycles. The number of phenolic OH excluding ortho intramolecular Hbond substituents is 1. The molecule has 0 saturated carbocycles. The van der Waals surface area contributed by atoms with Crippen molar-refractivity contribution in [3.63, 3.8) is 0 Å². The van der Waals surface area contributed by atoms with Crippen LogP contribution in [-0.4, -0.2) is 46.2 Å². The van der Waals surface area contributed by atoms with Gasteiger partial charge in [0, 0.05) is 24.8 Å². The number of hydrogen-bond acceptors (Lipinski definition) is 5. The van der Waals surface area contributed by atoms with E-state index in [4.69, 9.17) is 10.5 Å². The molecular weight excluding hydrogens is 310 g/mol. The highest BCUT2D eigenvalue weighted by atomic mass is 16.6. The molecule has 24 heavy (non-hydrogen) atoms. The molecule has 1 fully saturated rings. The highest BCUT2D eigenvalue weighted by molar-refractivity contribution is 6.02. The lowest BCUT2D eigenvalue weighted by atomic mass is 9.97. The Labute approximate surface area is 142 Å². The standard InChI is InChI=1S/C17H25N3O4/c1-16(2,3)24-15(23)20-9-8-19(14(22)17(20,4)5)11-6-7-12(18)13(21)10-11/h6-7,10,21H,8-9,18H2,1-5H3. The molecule has 7 heteroatoms. The van der Waals surface area contributed by atoms with Crippen molar-refractivity contribution >= 4 is 23.4 Å². The molecule has 1 aliphatic heterocycles. The average molecular weight is 335 g/mol. The second-order valence-corrected chi connectivity index (χ2v) is 7.39. The van der Waals surface area contributed by atoms with Gasteiger partial charge >= 0.3 is 6.09 Å². The molecule has 132 valence electrons. The molecule has 0 unspecified atom stereocenters. The quantitative estimate of drug-likeness (QED) is 0.606. The Hall–Kier alpha value is -2.44. The zero-order valence-corrected chi connectivity index (χ0v) is 14.8. The summed E-state index contributed by atoms with van der Waals surface area (Å²) in [6.45, 7) is 9.36. The van der Waals surface area contributed by atoms with E-state index in [0.29, 0.717) is 18.8 Å². The first-order chi connectivity index (χ1) is 10.9. The van der Waals surface area contributed by atoms with Crippen LogP contribution in [-0.2, 0) is 9.53 Å². The molecule has 0 radical (unpaired) electrons. The van der Waals surface area contributed by atoms with E-state index in [9.17, 15) is 14.7 Å². The second kappa shape index (κ2) is 5.89. The number of hydrogen-bond donors (Lipinski definition) is 2. The van der Waals surface area contributed by atoms with Crippen molar-refractivity contribution in [1.82, 2.24) is 4.90 Å². The summed E-state index contributed by atoms with van der Waals surface area (Å²) in [4.78, 5) is 28.3.